The van der Waals surface area contributed by atoms with Crippen molar-refractivity contribution in [1.82, 2.24) is 15.2 Å². The van der Waals surface area contributed by atoms with E-state index in [0.717, 1.165) is 25.9 Å². The number of hydrogen-bond acceptors (Lipinski definition) is 3. The molecule has 1 aromatic rings. The first-order valence-electron chi connectivity index (χ1n) is 6.34. The van der Waals surface area contributed by atoms with Crippen LogP contribution in [0.5, 0.6) is 0 Å². The van der Waals surface area contributed by atoms with Crippen molar-refractivity contribution in [3.63, 3.8) is 0 Å². The van der Waals surface area contributed by atoms with E-state index in [1.165, 1.54) is 12.3 Å². The fourth-order valence-electron chi connectivity index (χ4n) is 2.19. The molecule has 19 heavy (non-hydrogen) atoms. The third-order valence-electron chi connectivity index (χ3n) is 3.46. The van der Waals surface area contributed by atoms with E-state index in [-0.39, 0.29) is 11.1 Å². The zero-order valence-electron chi connectivity index (χ0n) is 10.8. The van der Waals surface area contributed by atoms with E-state index in [2.05, 4.69) is 22.2 Å². The van der Waals surface area contributed by atoms with Crippen LogP contribution in [-0.2, 0) is 0 Å². The van der Waals surface area contributed by atoms with Crippen LogP contribution in [0.3, 0.4) is 0 Å². The summed E-state index contributed by atoms with van der Waals surface area (Å²) in [7, 11) is 2.12. The monoisotopic (exact) mass is 301 g/mol. The van der Waals surface area contributed by atoms with Gasteiger partial charge in [-0.1, -0.05) is 23.2 Å². The molecule has 4 nitrogen and oxygen atoms in total. The quantitative estimate of drug-likeness (QED) is 0.872. The van der Waals surface area contributed by atoms with Crippen molar-refractivity contribution < 1.29 is 4.79 Å². The molecule has 1 aliphatic rings. The second-order valence-corrected chi connectivity index (χ2v) is 5.74. The molecule has 2 heterocycles. The normalized spacial score (nSPS) is 17.4. The van der Waals surface area contributed by atoms with Gasteiger partial charge in [0.1, 0.15) is 5.15 Å². The van der Waals surface area contributed by atoms with Crippen LogP contribution in [0.2, 0.25) is 10.2 Å². The predicted molar refractivity (Wildman–Crippen MR) is 76.8 cm³/mol. The summed E-state index contributed by atoms with van der Waals surface area (Å²) in [5, 5.41) is 3.52. The zero-order valence-corrected chi connectivity index (χ0v) is 12.3. The Bertz CT molecular complexity index is 459. The average molecular weight is 302 g/mol. The third kappa shape index (κ3) is 4.06. The molecule has 0 spiro atoms. The molecule has 0 aromatic carbocycles. The molecule has 2 rings (SSSR count). The minimum atomic E-state index is -0.187. The van der Waals surface area contributed by atoms with Crippen LogP contribution in [0.1, 0.15) is 23.2 Å². The van der Waals surface area contributed by atoms with E-state index in [9.17, 15) is 4.79 Å². The Hall–Kier alpha value is -0.840. The molecule has 1 aromatic heterocycles. The molecule has 0 saturated carbocycles. The van der Waals surface area contributed by atoms with Gasteiger partial charge in [0.2, 0.25) is 0 Å². The van der Waals surface area contributed by atoms with Crippen LogP contribution in [0.4, 0.5) is 0 Å². The minimum absolute atomic E-state index is 0.187. The van der Waals surface area contributed by atoms with Crippen molar-refractivity contribution >= 4 is 29.1 Å². The number of hydrogen-bond donors (Lipinski definition) is 1. The number of amides is 1. The largest absolute Gasteiger partial charge is 0.352 e. The summed E-state index contributed by atoms with van der Waals surface area (Å²) in [6.07, 6.45) is 3.62. The zero-order chi connectivity index (χ0) is 13.8. The van der Waals surface area contributed by atoms with E-state index in [0.29, 0.717) is 23.0 Å². The second-order valence-electron chi connectivity index (χ2n) is 4.94. The third-order valence-corrected chi connectivity index (χ3v) is 3.96. The van der Waals surface area contributed by atoms with Crippen LogP contribution in [0, 0.1) is 5.92 Å². The molecule has 1 saturated heterocycles. The molecule has 1 fully saturated rings. The van der Waals surface area contributed by atoms with E-state index in [1.54, 1.807) is 0 Å². The number of halogens is 2. The first-order valence-corrected chi connectivity index (χ1v) is 7.09. The molecule has 1 amide bonds. The van der Waals surface area contributed by atoms with Crippen molar-refractivity contribution in [2.24, 2.45) is 5.92 Å². The van der Waals surface area contributed by atoms with Gasteiger partial charge in [0.15, 0.2) is 0 Å². The fraction of sp³-hybridized carbons (Fsp3) is 0.538. The number of nitrogens with one attached hydrogen (secondary N) is 1. The molecule has 1 aliphatic heterocycles. The maximum Gasteiger partial charge on any atom is 0.252 e. The van der Waals surface area contributed by atoms with Gasteiger partial charge in [-0.15, -0.1) is 0 Å². The van der Waals surface area contributed by atoms with E-state index >= 15 is 0 Å². The van der Waals surface area contributed by atoms with Gasteiger partial charge in [-0.3, -0.25) is 4.79 Å². The Labute approximate surface area is 123 Å². The summed E-state index contributed by atoms with van der Waals surface area (Å²) in [5.41, 5.74) is 0.384. The summed E-state index contributed by atoms with van der Waals surface area (Å²) in [5.74, 6) is 0.351. The summed E-state index contributed by atoms with van der Waals surface area (Å²) >= 11 is 11.7. The Morgan fingerprint density at radius 2 is 2.16 bits per heavy atom. The number of nitrogens with zero attached hydrogens (tertiary/aromatic N) is 2. The molecule has 0 aliphatic carbocycles. The second kappa shape index (κ2) is 6.55. The smallest absolute Gasteiger partial charge is 0.252 e. The number of pyridine rings is 1. The van der Waals surface area contributed by atoms with Crippen LogP contribution >= 0.6 is 23.2 Å². The van der Waals surface area contributed by atoms with Crippen molar-refractivity contribution in [2.45, 2.75) is 12.8 Å². The number of carbonyl (C=O) groups excluding carboxylic acids is 1. The van der Waals surface area contributed by atoms with E-state index in [4.69, 9.17) is 23.2 Å². The topological polar surface area (TPSA) is 45.2 Å². The predicted octanol–water partition coefficient (Wildman–Crippen LogP) is 2.46. The first-order chi connectivity index (χ1) is 9.06. The lowest BCUT2D eigenvalue weighted by atomic mass is 9.97. The Morgan fingerprint density at radius 3 is 2.84 bits per heavy atom. The lowest BCUT2D eigenvalue weighted by Gasteiger charge is -2.28. The minimum Gasteiger partial charge on any atom is -0.352 e. The van der Waals surface area contributed by atoms with Crippen LogP contribution in [-0.4, -0.2) is 42.5 Å². The number of rotatable bonds is 3. The highest BCUT2D eigenvalue weighted by Crippen LogP contribution is 2.19. The Kier molecular flexibility index (Phi) is 5.02. The standard InChI is InChI=1S/C13H17Cl2N3O/c1-18-4-2-9(3-5-18)7-17-13(19)10-6-12(15)16-8-11(10)14/h6,8-9H,2-5,7H2,1H3,(H,17,19). The summed E-state index contributed by atoms with van der Waals surface area (Å²) in [6.45, 7) is 2.85. The first kappa shape index (κ1) is 14.6. The van der Waals surface area contributed by atoms with Gasteiger partial charge in [-0.05, 0) is 45.0 Å². The summed E-state index contributed by atoms with van der Waals surface area (Å²) in [6, 6.07) is 1.49. The highest BCUT2D eigenvalue weighted by atomic mass is 35.5. The number of piperidine rings is 1. The van der Waals surface area contributed by atoms with Gasteiger partial charge in [0.05, 0.1) is 10.6 Å². The maximum absolute atomic E-state index is 12.0. The van der Waals surface area contributed by atoms with Crippen LogP contribution in [0.25, 0.3) is 0 Å². The van der Waals surface area contributed by atoms with Gasteiger partial charge in [-0.2, -0.15) is 0 Å². The molecular weight excluding hydrogens is 285 g/mol. The molecule has 0 unspecified atom stereocenters. The van der Waals surface area contributed by atoms with Crippen molar-refractivity contribution in [2.75, 3.05) is 26.7 Å². The summed E-state index contributed by atoms with van der Waals surface area (Å²) in [4.78, 5) is 18.2. The van der Waals surface area contributed by atoms with E-state index < -0.39 is 0 Å². The fourth-order valence-corrected chi connectivity index (χ4v) is 2.53. The SMILES string of the molecule is CN1CCC(CNC(=O)c2cc(Cl)ncc2Cl)CC1. The van der Waals surface area contributed by atoms with Crippen LogP contribution in [0.15, 0.2) is 12.3 Å². The molecule has 0 radical (unpaired) electrons. The molecule has 6 heteroatoms. The lowest BCUT2D eigenvalue weighted by molar-refractivity contribution is 0.0939. The van der Waals surface area contributed by atoms with Gasteiger partial charge in [0.25, 0.3) is 5.91 Å². The van der Waals surface area contributed by atoms with Gasteiger partial charge < -0.3 is 10.2 Å². The number of likely N-dealkylation sites (tertiary alicyclic amines) is 1. The lowest BCUT2D eigenvalue weighted by Crippen LogP contribution is -2.36. The summed E-state index contributed by atoms with van der Waals surface area (Å²) < 4.78 is 0. The van der Waals surface area contributed by atoms with Crippen molar-refractivity contribution in [1.29, 1.82) is 0 Å². The van der Waals surface area contributed by atoms with Crippen molar-refractivity contribution in [3.8, 4) is 0 Å². The highest BCUT2D eigenvalue weighted by Gasteiger charge is 2.18. The molecule has 0 atom stereocenters. The molecule has 1 N–H and O–H groups in total. The maximum atomic E-state index is 12.0. The molecule has 0 bridgehead atoms. The van der Waals surface area contributed by atoms with Gasteiger partial charge in [0, 0.05) is 12.7 Å². The Balaban J connectivity index is 1.89. The Morgan fingerprint density at radius 1 is 1.47 bits per heavy atom. The molecular formula is C13H17Cl2N3O. The van der Waals surface area contributed by atoms with E-state index in [1.807, 2.05) is 0 Å². The molecule has 104 valence electrons. The van der Waals surface area contributed by atoms with Gasteiger partial charge in [-0.25, -0.2) is 4.98 Å². The van der Waals surface area contributed by atoms with Gasteiger partial charge >= 0.3 is 0 Å². The van der Waals surface area contributed by atoms with Crippen molar-refractivity contribution in [3.05, 3.63) is 28.0 Å². The average Bonchev–Trinajstić information content (AvgIpc) is 2.40. The van der Waals surface area contributed by atoms with Crippen LogP contribution < -0.4 is 5.32 Å². The highest BCUT2D eigenvalue weighted by molar-refractivity contribution is 6.35. The number of carbonyl (C=O) groups is 1. The number of aromatic nitrogens is 1.